The van der Waals surface area contributed by atoms with Crippen LogP contribution in [0.5, 0.6) is 0 Å². The number of aromatic nitrogens is 1. The molecule has 5 nitrogen and oxygen atoms in total. The molecule has 0 saturated carbocycles. The Morgan fingerprint density at radius 3 is 2.80 bits per heavy atom. The van der Waals surface area contributed by atoms with Gasteiger partial charge in [0, 0.05) is 17.5 Å². The number of amides is 2. The first-order valence-electron chi connectivity index (χ1n) is 7.82. The van der Waals surface area contributed by atoms with Crippen molar-refractivity contribution in [3.8, 4) is 0 Å². The van der Waals surface area contributed by atoms with Gasteiger partial charge in [0.2, 0.25) is 11.8 Å². The molecule has 1 aromatic heterocycles. The molecule has 2 aromatic carbocycles. The van der Waals surface area contributed by atoms with Crippen LogP contribution in [0.3, 0.4) is 0 Å². The van der Waals surface area contributed by atoms with Gasteiger partial charge in [-0.1, -0.05) is 29.5 Å². The topological polar surface area (TPSA) is 71.1 Å². The highest BCUT2D eigenvalue weighted by Crippen LogP contribution is 2.37. The predicted octanol–water partition coefficient (Wildman–Crippen LogP) is 3.91. The summed E-state index contributed by atoms with van der Waals surface area (Å²) in [5.41, 5.74) is 2.75. The van der Waals surface area contributed by atoms with Crippen molar-refractivity contribution in [2.45, 2.75) is 23.5 Å². The minimum absolute atomic E-state index is 0.0256. The number of carbonyl (C=O) groups excluding carboxylic acids is 2. The van der Waals surface area contributed by atoms with Gasteiger partial charge in [-0.25, -0.2) is 4.98 Å². The van der Waals surface area contributed by atoms with E-state index in [1.165, 1.54) is 28.7 Å². The minimum Gasteiger partial charge on any atom is -0.326 e. The number of hydrogen-bond acceptors (Lipinski definition) is 5. The largest absolute Gasteiger partial charge is 0.326 e. The molecule has 1 aliphatic rings. The number of anilines is 2. The molecule has 3 aromatic rings. The number of nitrogens with one attached hydrogen (secondary N) is 2. The lowest BCUT2D eigenvalue weighted by Gasteiger charge is -2.07. The summed E-state index contributed by atoms with van der Waals surface area (Å²) >= 11 is 3.00. The Hall–Kier alpha value is -2.38. The SMILES string of the molecule is CC(=O)Nc1ccc2nc(NC(=O)C3Cc4ccccc4S3)sc2c1. The van der Waals surface area contributed by atoms with E-state index >= 15 is 0 Å². The normalized spacial score (nSPS) is 15.8. The number of nitrogens with zero attached hydrogens (tertiary/aromatic N) is 1. The first-order chi connectivity index (χ1) is 12.1. The molecule has 2 heterocycles. The third kappa shape index (κ3) is 3.38. The van der Waals surface area contributed by atoms with Crippen molar-refractivity contribution in [1.82, 2.24) is 4.98 Å². The van der Waals surface area contributed by atoms with E-state index in [1.54, 1.807) is 17.8 Å². The summed E-state index contributed by atoms with van der Waals surface area (Å²) in [5, 5.41) is 6.13. The molecule has 2 N–H and O–H groups in total. The Labute approximate surface area is 152 Å². The van der Waals surface area contributed by atoms with Crippen molar-refractivity contribution >= 4 is 55.9 Å². The van der Waals surface area contributed by atoms with Gasteiger partial charge >= 0.3 is 0 Å². The number of thioether (sulfide) groups is 1. The zero-order valence-corrected chi connectivity index (χ0v) is 15.0. The van der Waals surface area contributed by atoms with E-state index in [2.05, 4.69) is 27.8 Å². The molecule has 2 amide bonds. The fourth-order valence-corrected chi connectivity index (χ4v) is 4.88. The highest BCUT2D eigenvalue weighted by Gasteiger charge is 2.28. The fraction of sp³-hybridized carbons (Fsp3) is 0.167. The Balaban J connectivity index is 1.49. The third-order valence-corrected chi connectivity index (χ3v) is 6.13. The van der Waals surface area contributed by atoms with E-state index in [-0.39, 0.29) is 17.1 Å². The lowest BCUT2D eigenvalue weighted by atomic mass is 10.1. The number of hydrogen-bond donors (Lipinski definition) is 2. The summed E-state index contributed by atoms with van der Waals surface area (Å²) in [6.07, 6.45) is 0.740. The van der Waals surface area contributed by atoms with Crippen LogP contribution in [0.4, 0.5) is 10.8 Å². The molecule has 126 valence electrons. The average molecular weight is 369 g/mol. The lowest BCUT2D eigenvalue weighted by molar-refractivity contribution is -0.116. The van der Waals surface area contributed by atoms with E-state index in [0.29, 0.717) is 5.13 Å². The van der Waals surface area contributed by atoms with Gasteiger partial charge in [-0.3, -0.25) is 9.59 Å². The van der Waals surface area contributed by atoms with E-state index in [0.717, 1.165) is 22.3 Å². The maximum Gasteiger partial charge on any atom is 0.239 e. The van der Waals surface area contributed by atoms with Gasteiger partial charge in [-0.15, -0.1) is 11.8 Å². The van der Waals surface area contributed by atoms with Crippen molar-refractivity contribution in [3.05, 3.63) is 48.0 Å². The Morgan fingerprint density at radius 2 is 2.00 bits per heavy atom. The molecule has 1 aliphatic heterocycles. The van der Waals surface area contributed by atoms with Crippen molar-refractivity contribution in [1.29, 1.82) is 0 Å². The monoisotopic (exact) mass is 369 g/mol. The smallest absolute Gasteiger partial charge is 0.239 e. The quantitative estimate of drug-likeness (QED) is 0.734. The fourth-order valence-electron chi connectivity index (χ4n) is 2.77. The molecule has 0 aliphatic carbocycles. The second-order valence-electron chi connectivity index (χ2n) is 5.79. The molecule has 0 fully saturated rings. The van der Waals surface area contributed by atoms with Gasteiger partial charge in [0.05, 0.1) is 15.5 Å². The molecule has 4 rings (SSSR count). The maximum absolute atomic E-state index is 12.6. The summed E-state index contributed by atoms with van der Waals surface area (Å²) in [6, 6.07) is 13.6. The van der Waals surface area contributed by atoms with Crippen LogP contribution < -0.4 is 10.6 Å². The maximum atomic E-state index is 12.6. The van der Waals surface area contributed by atoms with E-state index in [4.69, 9.17) is 0 Å². The van der Waals surface area contributed by atoms with Crippen molar-refractivity contribution in [2.24, 2.45) is 0 Å². The molecule has 0 radical (unpaired) electrons. The number of fused-ring (bicyclic) bond motifs is 2. The molecule has 0 saturated heterocycles. The van der Waals surface area contributed by atoms with Gasteiger partial charge in [-0.2, -0.15) is 0 Å². The lowest BCUT2D eigenvalue weighted by Crippen LogP contribution is -2.24. The standard InChI is InChI=1S/C18H15N3O2S2/c1-10(22)19-12-6-7-13-15(9-12)25-18(20-13)21-17(23)16-8-11-4-2-3-5-14(11)24-16/h2-7,9,16H,8H2,1H3,(H,19,22)(H,20,21,23). The summed E-state index contributed by atoms with van der Waals surface area (Å²) in [4.78, 5) is 29.3. The first kappa shape index (κ1) is 16.1. The molecular weight excluding hydrogens is 354 g/mol. The third-order valence-electron chi connectivity index (χ3n) is 3.88. The van der Waals surface area contributed by atoms with Crippen LogP contribution >= 0.6 is 23.1 Å². The van der Waals surface area contributed by atoms with Gasteiger partial charge in [0.1, 0.15) is 0 Å². The van der Waals surface area contributed by atoms with Gasteiger partial charge in [0.25, 0.3) is 0 Å². The summed E-state index contributed by atoms with van der Waals surface area (Å²) in [6.45, 7) is 1.47. The van der Waals surface area contributed by atoms with E-state index in [9.17, 15) is 9.59 Å². The van der Waals surface area contributed by atoms with Crippen LogP contribution in [0.25, 0.3) is 10.2 Å². The molecule has 1 atom stereocenters. The molecule has 0 bridgehead atoms. The first-order valence-corrected chi connectivity index (χ1v) is 9.52. The van der Waals surface area contributed by atoms with E-state index in [1.807, 2.05) is 24.3 Å². The summed E-state index contributed by atoms with van der Waals surface area (Å²) in [5.74, 6) is -0.141. The highest BCUT2D eigenvalue weighted by molar-refractivity contribution is 8.01. The van der Waals surface area contributed by atoms with Crippen LogP contribution in [0.1, 0.15) is 12.5 Å². The van der Waals surface area contributed by atoms with Gasteiger partial charge in [0.15, 0.2) is 5.13 Å². The Bertz CT molecular complexity index is 958. The zero-order chi connectivity index (χ0) is 17.4. The second kappa shape index (κ2) is 6.50. The zero-order valence-electron chi connectivity index (χ0n) is 13.4. The van der Waals surface area contributed by atoms with Gasteiger partial charge < -0.3 is 10.6 Å². The number of rotatable bonds is 3. The van der Waals surface area contributed by atoms with Crippen molar-refractivity contribution in [3.63, 3.8) is 0 Å². The number of thiazole rings is 1. The Morgan fingerprint density at radius 1 is 1.16 bits per heavy atom. The summed E-state index contributed by atoms with van der Waals surface area (Å²) < 4.78 is 0.920. The van der Waals surface area contributed by atoms with Crippen molar-refractivity contribution in [2.75, 3.05) is 10.6 Å². The average Bonchev–Trinajstić information content (AvgIpc) is 3.16. The highest BCUT2D eigenvalue weighted by atomic mass is 32.2. The molecule has 25 heavy (non-hydrogen) atoms. The van der Waals surface area contributed by atoms with Crippen LogP contribution in [-0.2, 0) is 16.0 Å². The second-order valence-corrected chi connectivity index (χ2v) is 8.07. The summed E-state index contributed by atoms with van der Waals surface area (Å²) in [7, 11) is 0. The molecule has 0 spiro atoms. The Kier molecular flexibility index (Phi) is 4.19. The van der Waals surface area contributed by atoms with Crippen LogP contribution in [0.15, 0.2) is 47.4 Å². The minimum atomic E-state index is -0.126. The number of benzene rings is 2. The molecule has 1 unspecified atom stereocenters. The van der Waals surface area contributed by atoms with E-state index < -0.39 is 0 Å². The molecular formula is C18H15N3O2S2. The van der Waals surface area contributed by atoms with Crippen LogP contribution in [-0.4, -0.2) is 22.0 Å². The van der Waals surface area contributed by atoms with Gasteiger partial charge in [-0.05, 0) is 36.2 Å². The van der Waals surface area contributed by atoms with Crippen LogP contribution in [0.2, 0.25) is 0 Å². The molecule has 7 heteroatoms. The van der Waals surface area contributed by atoms with Crippen LogP contribution in [0, 0.1) is 0 Å². The predicted molar refractivity (Wildman–Crippen MR) is 102 cm³/mol. The van der Waals surface area contributed by atoms with Crippen molar-refractivity contribution < 1.29 is 9.59 Å². The number of carbonyl (C=O) groups is 2.